The smallest absolute Gasteiger partial charge is 0.300 e. The Kier molecular flexibility index (Phi) is 4.58. The van der Waals surface area contributed by atoms with Crippen LogP contribution in [0.5, 0.6) is 11.5 Å². The van der Waals surface area contributed by atoms with Crippen molar-refractivity contribution in [2.45, 2.75) is 25.4 Å². The number of nitrogens with zero attached hydrogens (tertiary/aromatic N) is 2. The first-order valence-corrected chi connectivity index (χ1v) is 9.02. The zero-order valence-corrected chi connectivity index (χ0v) is 15.5. The van der Waals surface area contributed by atoms with E-state index >= 15 is 0 Å². The number of methoxy groups -OCH3 is 2. The summed E-state index contributed by atoms with van der Waals surface area (Å²) < 4.78 is 10.5. The van der Waals surface area contributed by atoms with Crippen LogP contribution in [0.15, 0.2) is 42.5 Å². The molecule has 1 amide bonds. The molecule has 0 saturated heterocycles. The predicted molar refractivity (Wildman–Crippen MR) is 101 cm³/mol. The summed E-state index contributed by atoms with van der Waals surface area (Å²) in [5, 5.41) is 0. The van der Waals surface area contributed by atoms with E-state index in [1.807, 2.05) is 24.3 Å². The largest absolute Gasteiger partial charge is 0.497 e. The molecule has 1 fully saturated rings. The van der Waals surface area contributed by atoms with Crippen molar-refractivity contribution in [2.24, 2.45) is 0 Å². The molecule has 6 nitrogen and oxygen atoms in total. The highest BCUT2D eigenvalue weighted by molar-refractivity contribution is 6.52. The molecule has 140 valence electrons. The molecule has 0 spiro atoms. The number of carbonyl (C=O) groups excluding carboxylic acids is 2. The minimum Gasteiger partial charge on any atom is -0.497 e. The Labute approximate surface area is 158 Å². The topological polar surface area (TPSA) is 59.1 Å². The second-order valence-electron chi connectivity index (χ2n) is 6.91. The highest BCUT2D eigenvalue weighted by atomic mass is 16.5. The lowest BCUT2D eigenvalue weighted by molar-refractivity contribution is -0.114. The first-order valence-electron chi connectivity index (χ1n) is 9.02. The molecule has 0 unspecified atom stereocenters. The number of fused-ring (bicyclic) bond motifs is 1. The summed E-state index contributed by atoms with van der Waals surface area (Å²) in [6.45, 7) is 1.10. The first kappa shape index (κ1) is 17.5. The van der Waals surface area contributed by atoms with E-state index in [0.717, 1.165) is 24.2 Å². The van der Waals surface area contributed by atoms with E-state index in [4.69, 9.17) is 9.47 Å². The van der Waals surface area contributed by atoms with E-state index in [-0.39, 0.29) is 0 Å². The molecule has 2 aromatic rings. The van der Waals surface area contributed by atoms with Gasteiger partial charge in [-0.2, -0.15) is 0 Å². The average Bonchev–Trinajstić information content (AvgIpc) is 3.52. The fourth-order valence-corrected chi connectivity index (χ4v) is 3.42. The van der Waals surface area contributed by atoms with Crippen molar-refractivity contribution in [3.63, 3.8) is 0 Å². The fourth-order valence-electron chi connectivity index (χ4n) is 3.42. The number of rotatable bonds is 7. The maximum absolute atomic E-state index is 12.6. The third kappa shape index (κ3) is 3.40. The molecule has 4 rings (SSSR count). The Morgan fingerprint density at radius 3 is 2.30 bits per heavy atom. The molecule has 0 radical (unpaired) electrons. The van der Waals surface area contributed by atoms with Crippen molar-refractivity contribution < 1.29 is 19.1 Å². The van der Waals surface area contributed by atoms with E-state index in [2.05, 4.69) is 4.90 Å². The monoisotopic (exact) mass is 366 g/mol. The number of hydrogen-bond donors (Lipinski definition) is 0. The highest BCUT2D eigenvalue weighted by Gasteiger charge is 2.39. The number of benzene rings is 2. The van der Waals surface area contributed by atoms with Gasteiger partial charge in [0.05, 0.1) is 32.1 Å². The van der Waals surface area contributed by atoms with Gasteiger partial charge in [0.25, 0.3) is 5.78 Å². The summed E-state index contributed by atoms with van der Waals surface area (Å²) in [5.74, 6) is 0.527. The molecule has 2 aliphatic rings. The van der Waals surface area contributed by atoms with Crippen LogP contribution in [0, 0.1) is 0 Å². The summed E-state index contributed by atoms with van der Waals surface area (Å²) >= 11 is 0. The number of ketones is 1. The van der Waals surface area contributed by atoms with Crippen molar-refractivity contribution in [3.05, 3.63) is 53.6 Å². The Morgan fingerprint density at radius 2 is 1.67 bits per heavy atom. The van der Waals surface area contributed by atoms with Gasteiger partial charge in [0, 0.05) is 18.7 Å². The molecule has 0 aromatic heterocycles. The lowest BCUT2D eigenvalue weighted by Crippen LogP contribution is -2.41. The molecule has 0 bridgehead atoms. The standard InChI is InChI=1S/C21H22N2O4/c1-26-16-7-3-14(4-8-16)12-22(15-5-6-15)13-23-19-11-17(27-2)9-10-18(19)20(24)21(23)25/h3-4,7-11,15H,5-6,12-13H2,1-2H3. The van der Waals surface area contributed by atoms with Gasteiger partial charge >= 0.3 is 5.91 Å². The minimum atomic E-state index is -0.473. The van der Waals surface area contributed by atoms with Crippen LogP contribution in [-0.4, -0.2) is 43.5 Å². The van der Waals surface area contributed by atoms with Gasteiger partial charge in [-0.1, -0.05) is 12.1 Å². The number of amides is 1. The Balaban J connectivity index is 1.57. The molecular formula is C21H22N2O4. The van der Waals surface area contributed by atoms with E-state index in [9.17, 15) is 9.59 Å². The summed E-state index contributed by atoms with van der Waals surface area (Å²) in [7, 11) is 3.22. The van der Waals surface area contributed by atoms with Gasteiger partial charge in [-0.3, -0.25) is 19.4 Å². The van der Waals surface area contributed by atoms with Crippen molar-refractivity contribution >= 4 is 17.4 Å². The van der Waals surface area contributed by atoms with Gasteiger partial charge in [-0.25, -0.2) is 0 Å². The average molecular weight is 366 g/mol. The van der Waals surface area contributed by atoms with Crippen LogP contribution in [0.25, 0.3) is 0 Å². The third-order valence-electron chi connectivity index (χ3n) is 5.11. The van der Waals surface area contributed by atoms with Gasteiger partial charge < -0.3 is 9.47 Å². The maximum atomic E-state index is 12.6. The first-order chi connectivity index (χ1) is 13.1. The van der Waals surface area contributed by atoms with Crippen LogP contribution in [0.4, 0.5) is 5.69 Å². The molecule has 1 saturated carbocycles. The third-order valence-corrected chi connectivity index (χ3v) is 5.11. The molecule has 27 heavy (non-hydrogen) atoms. The maximum Gasteiger partial charge on any atom is 0.300 e. The van der Waals surface area contributed by atoms with E-state index in [0.29, 0.717) is 36.3 Å². The molecule has 2 aromatic carbocycles. The summed E-state index contributed by atoms with van der Waals surface area (Å²) in [5.41, 5.74) is 2.22. The van der Waals surface area contributed by atoms with Crippen LogP contribution in [0.2, 0.25) is 0 Å². The van der Waals surface area contributed by atoms with E-state index in [1.165, 1.54) is 0 Å². The highest BCUT2D eigenvalue weighted by Crippen LogP contribution is 2.35. The van der Waals surface area contributed by atoms with Gasteiger partial charge in [-0.15, -0.1) is 0 Å². The SMILES string of the molecule is COc1ccc(CN(CN2C(=O)C(=O)c3ccc(OC)cc32)C2CC2)cc1. The molecule has 6 heteroatoms. The second-order valence-corrected chi connectivity index (χ2v) is 6.91. The number of carbonyl (C=O) groups is 2. The Bertz CT molecular complexity index is 874. The van der Waals surface area contributed by atoms with Gasteiger partial charge in [0.1, 0.15) is 11.5 Å². The molecule has 1 aliphatic carbocycles. The van der Waals surface area contributed by atoms with E-state index < -0.39 is 11.7 Å². The van der Waals surface area contributed by atoms with Gasteiger partial charge in [-0.05, 0) is 42.7 Å². The molecule has 0 atom stereocenters. The van der Waals surface area contributed by atoms with Gasteiger partial charge in [0.2, 0.25) is 0 Å². The number of hydrogen-bond acceptors (Lipinski definition) is 5. The Morgan fingerprint density at radius 1 is 1.00 bits per heavy atom. The van der Waals surface area contributed by atoms with Crippen LogP contribution in [-0.2, 0) is 11.3 Å². The number of anilines is 1. The lowest BCUT2D eigenvalue weighted by atomic mass is 10.1. The Hall–Kier alpha value is -2.86. The zero-order valence-electron chi connectivity index (χ0n) is 15.5. The second kappa shape index (κ2) is 7.04. The predicted octanol–water partition coefficient (Wildman–Crippen LogP) is 2.86. The normalized spacial score (nSPS) is 16.0. The summed E-state index contributed by atoms with van der Waals surface area (Å²) in [6.07, 6.45) is 2.22. The van der Waals surface area contributed by atoms with Gasteiger partial charge in [0.15, 0.2) is 0 Å². The van der Waals surface area contributed by atoms with Crippen molar-refractivity contribution in [3.8, 4) is 11.5 Å². The summed E-state index contributed by atoms with van der Waals surface area (Å²) in [4.78, 5) is 28.7. The van der Waals surface area contributed by atoms with Crippen LogP contribution in [0.1, 0.15) is 28.8 Å². The molecule has 1 aliphatic heterocycles. The number of ether oxygens (including phenoxy) is 2. The molecular weight excluding hydrogens is 344 g/mol. The van der Waals surface area contributed by atoms with E-state index in [1.54, 1.807) is 37.3 Å². The molecule has 1 heterocycles. The number of Topliss-reactive ketones (excluding diaryl/α,β-unsaturated/α-hetero) is 1. The minimum absolute atomic E-state index is 0.390. The van der Waals surface area contributed by atoms with Crippen LogP contribution >= 0.6 is 0 Å². The van der Waals surface area contributed by atoms with Crippen molar-refractivity contribution in [1.82, 2.24) is 4.90 Å². The summed E-state index contributed by atoms with van der Waals surface area (Å²) in [6, 6.07) is 13.5. The zero-order chi connectivity index (χ0) is 19.0. The van der Waals surface area contributed by atoms with Crippen LogP contribution < -0.4 is 14.4 Å². The quantitative estimate of drug-likeness (QED) is 0.705. The fraction of sp³-hybridized carbons (Fsp3) is 0.333. The van der Waals surface area contributed by atoms with Crippen molar-refractivity contribution in [1.29, 1.82) is 0 Å². The lowest BCUT2D eigenvalue weighted by Gasteiger charge is -2.28. The molecule has 0 N–H and O–H groups in total. The van der Waals surface area contributed by atoms with Crippen LogP contribution in [0.3, 0.4) is 0 Å². The van der Waals surface area contributed by atoms with Crippen molar-refractivity contribution in [2.75, 3.05) is 25.8 Å².